The largest absolute Gasteiger partial charge is 1.00 e. The molecule has 0 radical (unpaired) electrons. The first-order chi connectivity index (χ1) is 13.0. The van der Waals surface area contributed by atoms with E-state index in [1.807, 2.05) is 0 Å². The van der Waals surface area contributed by atoms with Gasteiger partial charge in [-0.2, -0.15) is 25.3 Å². The van der Waals surface area contributed by atoms with Gasteiger partial charge >= 0.3 is 56.6 Å². The molecule has 0 aliphatic rings. The number of hydrogen-bond donors (Lipinski definition) is 3. The summed E-state index contributed by atoms with van der Waals surface area (Å²) in [6, 6.07) is 0. The number of Topliss-reactive ketones (excluding diaryl/α,β-unsaturated/α-hetero) is 3. The zero-order valence-corrected chi connectivity index (χ0v) is 19.3. The van der Waals surface area contributed by atoms with Crippen molar-refractivity contribution in [2.45, 2.75) is 0 Å². The summed E-state index contributed by atoms with van der Waals surface area (Å²) in [5.74, 6) is -15.7. The van der Waals surface area contributed by atoms with Crippen LogP contribution in [0.3, 0.4) is 0 Å². The predicted molar refractivity (Wildman–Crippen MR) is 79.3 cm³/mol. The maximum atomic E-state index is 9.96. The van der Waals surface area contributed by atoms with Crippen molar-refractivity contribution < 1.29 is 140 Å². The summed E-state index contributed by atoms with van der Waals surface area (Å²) in [6.45, 7) is 0. The van der Waals surface area contributed by atoms with Gasteiger partial charge in [0.1, 0.15) is 35.2 Å². The van der Waals surface area contributed by atoms with E-state index < -0.39 is 82.9 Å². The molecule has 24 heteroatoms. The van der Waals surface area contributed by atoms with Crippen molar-refractivity contribution >= 4 is 65.6 Å². The Morgan fingerprint density at radius 2 is 0.576 bits per heavy atom. The summed E-state index contributed by atoms with van der Waals surface area (Å²) in [5.41, 5.74) is 0. The van der Waals surface area contributed by atoms with Gasteiger partial charge in [-0.15, -0.1) is 0 Å². The van der Waals surface area contributed by atoms with Crippen molar-refractivity contribution in [3.63, 3.8) is 0 Å². The molecule has 33 heavy (non-hydrogen) atoms. The van der Waals surface area contributed by atoms with Gasteiger partial charge in [0.15, 0.2) is 17.3 Å². The number of carboxylic acid groups (broad SMARTS) is 3. The molecule has 0 aromatic rings. The van der Waals surface area contributed by atoms with Crippen LogP contribution in [0.2, 0.25) is 0 Å². The topological polar surface area (TPSA) is 335 Å². The van der Waals surface area contributed by atoms with Crippen LogP contribution in [0.15, 0.2) is 0 Å². The monoisotopic (exact) mass is 522 g/mol. The van der Waals surface area contributed by atoms with E-state index in [9.17, 15) is 69.3 Å². The minimum absolute atomic E-state index is 0. The molecule has 0 spiro atoms. The van der Waals surface area contributed by atoms with E-state index in [0.717, 1.165) is 0 Å². The van der Waals surface area contributed by atoms with Gasteiger partial charge in [0.2, 0.25) is 0 Å². The summed E-state index contributed by atoms with van der Waals surface area (Å²) in [5, 5.41) is 28.6. The Kier molecular flexibility index (Phi) is 26.5. The number of aliphatic carboxylic acids is 3. The Bertz CT molecular complexity index is 892. The quantitative estimate of drug-likeness (QED) is 0.144. The Morgan fingerprint density at radius 1 is 0.455 bits per heavy atom. The number of ketones is 3. The molecule has 0 fully saturated rings. The maximum Gasteiger partial charge on any atom is 1.00 e. The van der Waals surface area contributed by atoms with E-state index in [-0.39, 0.29) is 56.6 Å². The molecule has 0 rings (SSSR count). The zero-order chi connectivity index (χ0) is 25.1. The minimum Gasteiger partial charge on any atom is -0.542 e. The Labute approximate surface area is 221 Å². The van der Waals surface area contributed by atoms with E-state index in [1.54, 1.807) is 0 Å². The van der Waals surface area contributed by atoms with Gasteiger partial charge in [-0.3, -0.25) is 28.0 Å². The third kappa shape index (κ3) is 38.5. The Balaban J connectivity index is -0.0000000792. The fourth-order valence-corrected chi connectivity index (χ4v) is 2.02. The fraction of sp³-hybridized carbons (Fsp3) is 0.333. The molecule has 0 aliphatic carbocycles. The first-order valence-electron chi connectivity index (χ1n) is 6.06. The number of hydrogen-bond acceptors (Lipinski definition) is 15. The average Bonchev–Trinajstić information content (AvgIpc) is 2.42. The van der Waals surface area contributed by atoms with Crippen molar-refractivity contribution in [1.29, 1.82) is 0 Å². The van der Waals surface area contributed by atoms with Crippen LogP contribution in [0, 0.1) is 0 Å². The van der Waals surface area contributed by atoms with Crippen LogP contribution in [-0.4, -0.2) is 91.4 Å². The molecule has 0 saturated heterocycles. The molecule has 0 bridgehead atoms. The SMILES string of the molecule is O=C([O-])C(=O)CS(=O)(=O)O.O=C([O-])C(=O)CS(=O)(=O)O.O=C([O-])C(=O)CS(=O)(=O)O.[Li+].[Li+].[Li+]. The maximum absolute atomic E-state index is 9.96. The summed E-state index contributed by atoms with van der Waals surface area (Å²) >= 11 is 0. The second kappa shape index (κ2) is 19.3. The first kappa shape index (κ1) is 45.4. The van der Waals surface area contributed by atoms with Crippen LogP contribution in [0.25, 0.3) is 0 Å². The summed E-state index contributed by atoms with van der Waals surface area (Å²) in [4.78, 5) is 58.5. The molecule has 0 aliphatic heterocycles. The van der Waals surface area contributed by atoms with Crippen LogP contribution in [-0.2, 0) is 59.1 Å². The number of carboxylic acids is 3. The van der Waals surface area contributed by atoms with Gasteiger partial charge in [-0.05, 0) is 0 Å². The summed E-state index contributed by atoms with van der Waals surface area (Å²) in [6.07, 6.45) is 0. The second-order valence-electron chi connectivity index (χ2n) is 4.31. The van der Waals surface area contributed by atoms with Gasteiger partial charge in [-0.1, -0.05) is 0 Å². The second-order valence-corrected chi connectivity index (χ2v) is 8.67. The van der Waals surface area contributed by atoms with Gasteiger partial charge in [0.05, 0.1) is 0 Å². The van der Waals surface area contributed by atoms with Crippen molar-refractivity contribution in [2.24, 2.45) is 0 Å². The number of carbonyl (C=O) groups is 6. The van der Waals surface area contributed by atoms with Crippen LogP contribution < -0.4 is 71.9 Å². The first-order valence-corrected chi connectivity index (χ1v) is 10.9. The molecule has 18 nitrogen and oxygen atoms in total. The molecular weight excluding hydrogens is 513 g/mol. The molecule has 0 amide bonds. The van der Waals surface area contributed by atoms with Crippen LogP contribution in [0.1, 0.15) is 0 Å². The molecule has 0 aromatic carbocycles. The van der Waals surface area contributed by atoms with Crippen LogP contribution >= 0.6 is 0 Å². The van der Waals surface area contributed by atoms with Gasteiger partial charge < -0.3 is 29.7 Å². The molecule has 174 valence electrons. The number of rotatable bonds is 9. The molecular formula is C9H9Li3O18S3. The summed E-state index contributed by atoms with van der Waals surface area (Å²) < 4.78 is 82.4. The van der Waals surface area contributed by atoms with Gasteiger partial charge in [-0.25, -0.2) is 0 Å². The van der Waals surface area contributed by atoms with Crippen molar-refractivity contribution in [3.05, 3.63) is 0 Å². The smallest absolute Gasteiger partial charge is 0.542 e. The Morgan fingerprint density at radius 3 is 0.606 bits per heavy atom. The standard InChI is InChI=1S/3C3H4O6S.3Li/c3*4-2(3(5)6)1-10(7,8)9;;;/h3*1H2,(H,5,6)(H,7,8,9);;;/q;;;3*+1/p-3. The molecule has 0 atom stereocenters. The van der Waals surface area contributed by atoms with Gasteiger partial charge in [0.25, 0.3) is 30.4 Å². The molecule has 3 N–H and O–H groups in total. The van der Waals surface area contributed by atoms with Crippen molar-refractivity contribution in [1.82, 2.24) is 0 Å². The Hall–Kier alpha value is -1.06. The van der Waals surface area contributed by atoms with E-state index in [2.05, 4.69) is 0 Å². The normalized spacial score (nSPS) is 9.91. The zero-order valence-electron chi connectivity index (χ0n) is 16.8. The van der Waals surface area contributed by atoms with Crippen LogP contribution in [0.4, 0.5) is 0 Å². The molecule has 0 unspecified atom stereocenters. The van der Waals surface area contributed by atoms with E-state index in [0.29, 0.717) is 0 Å². The van der Waals surface area contributed by atoms with E-state index in [1.165, 1.54) is 0 Å². The van der Waals surface area contributed by atoms with E-state index in [4.69, 9.17) is 13.7 Å². The molecule has 0 heterocycles. The van der Waals surface area contributed by atoms with Gasteiger partial charge in [0, 0.05) is 0 Å². The average molecular weight is 522 g/mol. The number of carbonyl (C=O) groups excluding carboxylic acids is 6. The van der Waals surface area contributed by atoms with Crippen LogP contribution in [0.5, 0.6) is 0 Å². The molecule has 0 saturated carbocycles. The van der Waals surface area contributed by atoms with Crippen molar-refractivity contribution in [3.8, 4) is 0 Å². The molecule has 0 aromatic heterocycles. The third-order valence-corrected chi connectivity index (χ3v) is 3.50. The summed E-state index contributed by atoms with van der Waals surface area (Å²) in [7, 11) is -13.6. The minimum atomic E-state index is -4.54. The predicted octanol–water partition coefficient (Wildman–Crippen LogP) is -17.4. The third-order valence-electron chi connectivity index (χ3n) is 1.62. The van der Waals surface area contributed by atoms with E-state index >= 15 is 0 Å². The fourth-order valence-electron chi connectivity index (χ4n) is 0.674. The van der Waals surface area contributed by atoms with Crippen molar-refractivity contribution in [2.75, 3.05) is 17.3 Å².